The zero-order chi connectivity index (χ0) is 22.9. The number of benzene rings is 3. The highest BCUT2D eigenvalue weighted by Crippen LogP contribution is 2.12. The average molecular weight is 442 g/mol. The monoisotopic (exact) mass is 442 g/mol. The van der Waals surface area contributed by atoms with Crippen molar-refractivity contribution < 1.29 is 14.3 Å². The molecule has 0 fully saturated rings. The number of ether oxygens (including phenoxy) is 1. The molecule has 33 heavy (non-hydrogen) atoms. The molecule has 0 saturated carbocycles. The van der Waals surface area contributed by atoms with Gasteiger partial charge in [-0.1, -0.05) is 72.8 Å². The Labute approximate surface area is 190 Å². The summed E-state index contributed by atoms with van der Waals surface area (Å²) in [6.07, 6.45) is 0. The molecule has 0 aliphatic rings. The highest BCUT2D eigenvalue weighted by molar-refractivity contribution is 5.95. The topological polar surface area (TPSA) is 111 Å². The fourth-order valence-corrected chi connectivity index (χ4v) is 3.01. The van der Waals surface area contributed by atoms with Crippen molar-refractivity contribution in [3.05, 3.63) is 102 Å². The number of hydrogen-bond acceptors (Lipinski definition) is 6. The maximum Gasteiger partial charge on any atom is 0.269 e. The molecule has 2 amide bonds. The summed E-state index contributed by atoms with van der Waals surface area (Å²) in [5.74, 6) is -0.319. The molecule has 0 atom stereocenters. The lowest BCUT2D eigenvalue weighted by atomic mass is 10.1. The van der Waals surface area contributed by atoms with Gasteiger partial charge in [0, 0.05) is 11.1 Å². The van der Waals surface area contributed by atoms with Crippen LogP contribution in [0.15, 0.2) is 84.9 Å². The molecule has 2 N–H and O–H groups in total. The van der Waals surface area contributed by atoms with Crippen molar-refractivity contribution in [1.82, 2.24) is 31.1 Å². The van der Waals surface area contributed by atoms with E-state index in [1.807, 2.05) is 60.7 Å². The van der Waals surface area contributed by atoms with E-state index >= 15 is 0 Å². The SMILES string of the molecule is O=C(COCc1ccccc1)NNC(=O)c1ccc(Cn2nnc(-c3ccccc3)n2)cc1. The predicted octanol–water partition coefficient (Wildman–Crippen LogP) is 2.37. The predicted molar refractivity (Wildman–Crippen MR) is 121 cm³/mol. The van der Waals surface area contributed by atoms with Gasteiger partial charge in [-0.2, -0.15) is 4.80 Å². The number of tetrazole rings is 1. The Bertz CT molecular complexity index is 1190. The molecular weight excluding hydrogens is 420 g/mol. The minimum atomic E-state index is -0.442. The van der Waals surface area contributed by atoms with E-state index < -0.39 is 11.8 Å². The van der Waals surface area contributed by atoms with Crippen LogP contribution in [0.5, 0.6) is 0 Å². The van der Waals surface area contributed by atoms with Crippen LogP contribution in [0.3, 0.4) is 0 Å². The first-order valence-corrected chi connectivity index (χ1v) is 10.3. The maximum atomic E-state index is 12.3. The average Bonchev–Trinajstić information content (AvgIpc) is 3.33. The number of nitrogens with one attached hydrogen (secondary N) is 2. The third-order valence-electron chi connectivity index (χ3n) is 4.69. The van der Waals surface area contributed by atoms with Crippen LogP contribution in [0.25, 0.3) is 11.4 Å². The summed E-state index contributed by atoms with van der Waals surface area (Å²) in [5, 5.41) is 12.5. The van der Waals surface area contributed by atoms with E-state index in [4.69, 9.17) is 4.74 Å². The molecule has 0 aliphatic carbocycles. The van der Waals surface area contributed by atoms with Gasteiger partial charge in [-0.3, -0.25) is 20.4 Å². The largest absolute Gasteiger partial charge is 0.367 e. The smallest absolute Gasteiger partial charge is 0.269 e. The zero-order valence-corrected chi connectivity index (χ0v) is 17.7. The molecule has 0 radical (unpaired) electrons. The van der Waals surface area contributed by atoms with Gasteiger partial charge < -0.3 is 4.74 Å². The van der Waals surface area contributed by atoms with Crippen LogP contribution in [0, 0.1) is 0 Å². The summed E-state index contributed by atoms with van der Waals surface area (Å²) >= 11 is 0. The second-order valence-corrected chi connectivity index (χ2v) is 7.19. The molecule has 4 rings (SSSR count). The Kier molecular flexibility index (Phi) is 7.14. The Hall–Kier alpha value is -4.37. The van der Waals surface area contributed by atoms with Crippen LogP contribution in [-0.4, -0.2) is 38.6 Å². The van der Waals surface area contributed by atoms with Crippen LogP contribution in [0.2, 0.25) is 0 Å². The molecule has 0 saturated heterocycles. The highest BCUT2D eigenvalue weighted by Gasteiger charge is 2.09. The molecule has 9 nitrogen and oxygen atoms in total. The van der Waals surface area contributed by atoms with E-state index in [2.05, 4.69) is 26.3 Å². The molecule has 166 valence electrons. The molecule has 1 heterocycles. The lowest BCUT2D eigenvalue weighted by Crippen LogP contribution is -2.43. The fraction of sp³-hybridized carbons (Fsp3) is 0.125. The fourth-order valence-electron chi connectivity index (χ4n) is 3.01. The summed E-state index contributed by atoms with van der Waals surface area (Å²) in [7, 11) is 0. The van der Waals surface area contributed by atoms with E-state index in [0.717, 1.165) is 16.7 Å². The van der Waals surface area contributed by atoms with Crippen LogP contribution in [-0.2, 0) is 22.7 Å². The van der Waals surface area contributed by atoms with Crippen molar-refractivity contribution >= 4 is 11.8 Å². The summed E-state index contributed by atoms with van der Waals surface area (Å²) in [4.78, 5) is 25.6. The molecule has 1 aromatic heterocycles. The third kappa shape index (κ3) is 6.31. The zero-order valence-electron chi connectivity index (χ0n) is 17.7. The molecule has 0 spiro atoms. The van der Waals surface area contributed by atoms with Gasteiger partial charge in [-0.15, -0.1) is 10.2 Å². The van der Waals surface area contributed by atoms with E-state index in [1.54, 1.807) is 24.3 Å². The quantitative estimate of drug-likeness (QED) is 0.405. The lowest BCUT2D eigenvalue weighted by Gasteiger charge is -2.08. The summed E-state index contributed by atoms with van der Waals surface area (Å²) in [6.45, 7) is 0.568. The van der Waals surface area contributed by atoms with E-state index in [9.17, 15) is 9.59 Å². The Balaban J connectivity index is 1.23. The standard InChI is InChI=1S/C24H22N6O3/c31-22(17-33-16-19-7-3-1-4-8-19)25-27-24(32)21-13-11-18(12-14-21)15-30-28-23(26-29-30)20-9-5-2-6-10-20/h1-14H,15-17H2,(H,25,31)(H,27,32). The molecular formula is C24H22N6O3. The van der Waals surface area contributed by atoms with Crippen molar-refractivity contribution in [3.8, 4) is 11.4 Å². The molecule has 4 aromatic rings. The number of carbonyl (C=O) groups is 2. The molecule has 0 aliphatic heterocycles. The van der Waals surface area contributed by atoms with Crippen LogP contribution < -0.4 is 10.9 Å². The first-order chi connectivity index (χ1) is 16.2. The number of aromatic nitrogens is 4. The first kappa shape index (κ1) is 21.8. The molecule has 0 unspecified atom stereocenters. The third-order valence-corrected chi connectivity index (χ3v) is 4.69. The highest BCUT2D eigenvalue weighted by atomic mass is 16.5. The van der Waals surface area contributed by atoms with Crippen molar-refractivity contribution in [3.63, 3.8) is 0 Å². The summed E-state index contributed by atoms with van der Waals surface area (Å²) < 4.78 is 5.34. The van der Waals surface area contributed by atoms with Gasteiger partial charge in [-0.05, 0) is 28.5 Å². The van der Waals surface area contributed by atoms with Gasteiger partial charge in [0.2, 0.25) is 5.82 Å². The van der Waals surface area contributed by atoms with E-state index in [1.165, 1.54) is 4.80 Å². The lowest BCUT2D eigenvalue weighted by molar-refractivity contribution is -0.126. The summed E-state index contributed by atoms with van der Waals surface area (Å²) in [5.41, 5.74) is 7.89. The van der Waals surface area contributed by atoms with Gasteiger partial charge in [0.15, 0.2) is 0 Å². The van der Waals surface area contributed by atoms with Crippen molar-refractivity contribution in [1.29, 1.82) is 0 Å². The van der Waals surface area contributed by atoms with E-state index in [-0.39, 0.29) is 6.61 Å². The van der Waals surface area contributed by atoms with Gasteiger partial charge in [0.25, 0.3) is 11.8 Å². The maximum absolute atomic E-state index is 12.3. The first-order valence-electron chi connectivity index (χ1n) is 10.3. The van der Waals surface area contributed by atoms with Crippen molar-refractivity contribution in [2.45, 2.75) is 13.2 Å². The van der Waals surface area contributed by atoms with Crippen LogP contribution in [0.4, 0.5) is 0 Å². The number of hydrogen-bond donors (Lipinski definition) is 2. The molecule has 0 bridgehead atoms. The second kappa shape index (κ2) is 10.8. The number of hydrazine groups is 1. The Morgan fingerprint density at radius 3 is 2.24 bits per heavy atom. The van der Waals surface area contributed by atoms with Gasteiger partial charge in [0.05, 0.1) is 13.2 Å². The molecule has 9 heteroatoms. The van der Waals surface area contributed by atoms with Crippen molar-refractivity contribution in [2.24, 2.45) is 0 Å². The molecule has 3 aromatic carbocycles. The second-order valence-electron chi connectivity index (χ2n) is 7.19. The minimum absolute atomic E-state index is 0.163. The van der Waals surface area contributed by atoms with Gasteiger partial charge >= 0.3 is 0 Å². The van der Waals surface area contributed by atoms with Crippen molar-refractivity contribution in [2.75, 3.05) is 6.61 Å². The van der Waals surface area contributed by atoms with E-state index in [0.29, 0.717) is 24.5 Å². The van der Waals surface area contributed by atoms with Crippen LogP contribution in [0.1, 0.15) is 21.5 Å². The number of nitrogens with zero attached hydrogens (tertiary/aromatic N) is 4. The Morgan fingerprint density at radius 2 is 1.52 bits per heavy atom. The normalized spacial score (nSPS) is 10.5. The Morgan fingerprint density at radius 1 is 0.818 bits per heavy atom. The number of amides is 2. The van der Waals surface area contributed by atoms with Gasteiger partial charge in [0.1, 0.15) is 6.61 Å². The number of carbonyl (C=O) groups excluding carboxylic acids is 2. The van der Waals surface area contributed by atoms with Crippen LogP contribution >= 0.6 is 0 Å². The number of rotatable bonds is 8. The minimum Gasteiger partial charge on any atom is -0.367 e. The van der Waals surface area contributed by atoms with Gasteiger partial charge in [-0.25, -0.2) is 0 Å². The summed E-state index contributed by atoms with van der Waals surface area (Å²) in [6, 6.07) is 26.0.